The standard InChI is InChI=1S/C18H14F5N5O/c19-13(20)15-28-27-14(29-15)10-8-24-16(25-9-10)26-17(6-1-7-17)11-2-4-12(5-3-11)18(21,22)23/h2-5,8-9,13H,1,6-7H2,(H,24,25,26). The lowest BCUT2D eigenvalue weighted by Crippen LogP contribution is -2.42. The highest BCUT2D eigenvalue weighted by Crippen LogP contribution is 2.44. The van der Waals surface area contributed by atoms with Crippen LogP contribution in [0.3, 0.4) is 0 Å². The molecule has 29 heavy (non-hydrogen) atoms. The van der Waals surface area contributed by atoms with Crippen LogP contribution in [0.2, 0.25) is 0 Å². The molecule has 1 N–H and O–H groups in total. The fraction of sp³-hybridized carbons (Fsp3) is 0.333. The average molecular weight is 411 g/mol. The van der Waals surface area contributed by atoms with Crippen molar-refractivity contribution in [2.75, 3.05) is 5.32 Å². The smallest absolute Gasteiger partial charge is 0.415 e. The van der Waals surface area contributed by atoms with Crippen LogP contribution in [-0.4, -0.2) is 20.2 Å². The molecule has 2 aromatic heterocycles. The maximum atomic E-state index is 12.8. The molecule has 4 rings (SSSR count). The Morgan fingerprint density at radius 1 is 1.00 bits per heavy atom. The quantitative estimate of drug-likeness (QED) is 0.597. The van der Waals surface area contributed by atoms with E-state index in [0.29, 0.717) is 18.4 Å². The fourth-order valence-electron chi connectivity index (χ4n) is 3.15. The second-order valence-corrected chi connectivity index (χ2v) is 6.68. The second-order valence-electron chi connectivity index (χ2n) is 6.68. The molecule has 0 saturated heterocycles. The molecule has 0 radical (unpaired) electrons. The topological polar surface area (TPSA) is 76.7 Å². The van der Waals surface area contributed by atoms with Crippen LogP contribution in [0.4, 0.5) is 27.9 Å². The number of nitrogens with one attached hydrogen (secondary N) is 1. The number of rotatable bonds is 5. The summed E-state index contributed by atoms with van der Waals surface area (Å²) in [5, 5.41) is 9.95. The number of anilines is 1. The molecule has 0 aliphatic heterocycles. The molecule has 1 aromatic carbocycles. The Kier molecular flexibility index (Phi) is 4.67. The van der Waals surface area contributed by atoms with Gasteiger partial charge in [-0.15, -0.1) is 10.2 Å². The molecule has 1 aliphatic carbocycles. The summed E-state index contributed by atoms with van der Waals surface area (Å²) >= 11 is 0. The average Bonchev–Trinajstić information content (AvgIpc) is 3.15. The van der Waals surface area contributed by atoms with Crippen molar-refractivity contribution in [2.45, 2.75) is 37.4 Å². The van der Waals surface area contributed by atoms with Crippen molar-refractivity contribution in [3.8, 4) is 11.5 Å². The second kappa shape index (κ2) is 7.05. The summed E-state index contributed by atoms with van der Waals surface area (Å²) in [6, 6.07) is 5.01. The molecule has 3 aromatic rings. The first-order valence-electron chi connectivity index (χ1n) is 8.67. The van der Waals surface area contributed by atoms with Crippen molar-refractivity contribution in [2.24, 2.45) is 0 Å². The Hall–Kier alpha value is -3.11. The van der Waals surface area contributed by atoms with Crippen molar-refractivity contribution in [1.29, 1.82) is 0 Å². The highest BCUT2D eigenvalue weighted by molar-refractivity contribution is 5.51. The molecular weight excluding hydrogens is 397 g/mol. The molecule has 152 valence electrons. The van der Waals surface area contributed by atoms with Gasteiger partial charge in [0.05, 0.1) is 16.7 Å². The van der Waals surface area contributed by atoms with Gasteiger partial charge in [-0.05, 0) is 37.0 Å². The Labute approximate surface area is 161 Å². The van der Waals surface area contributed by atoms with Crippen molar-refractivity contribution in [3.63, 3.8) is 0 Å². The van der Waals surface area contributed by atoms with Crippen LogP contribution in [0.1, 0.15) is 42.7 Å². The number of halogens is 5. The molecule has 11 heteroatoms. The SMILES string of the molecule is FC(F)c1nnc(-c2cnc(NC3(c4ccc(C(F)(F)F)cc4)CCC3)nc2)o1. The maximum absolute atomic E-state index is 12.8. The summed E-state index contributed by atoms with van der Waals surface area (Å²) in [7, 11) is 0. The van der Waals surface area contributed by atoms with Crippen molar-refractivity contribution in [3.05, 3.63) is 53.7 Å². The summed E-state index contributed by atoms with van der Waals surface area (Å²) < 4.78 is 68.3. The van der Waals surface area contributed by atoms with Crippen LogP contribution in [0, 0.1) is 0 Å². The normalized spacial score (nSPS) is 15.9. The molecule has 0 unspecified atom stereocenters. The van der Waals surface area contributed by atoms with E-state index < -0.39 is 29.6 Å². The Morgan fingerprint density at radius 3 is 2.14 bits per heavy atom. The van der Waals surface area contributed by atoms with E-state index in [-0.39, 0.29) is 17.4 Å². The van der Waals surface area contributed by atoms with Crippen LogP contribution in [0.15, 0.2) is 41.1 Å². The number of aromatic nitrogens is 4. The van der Waals surface area contributed by atoms with Gasteiger partial charge in [0, 0.05) is 12.4 Å². The van der Waals surface area contributed by atoms with Crippen LogP contribution < -0.4 is 5.32 Å². The van der Waals surface area contributed by atoms with E-state index in [1.165, 1.54) is 24.5 Å². The van der Waals surface area contributed by atoms with Gasteiger partial charge in [-0.2, -0.15) is 22.0 Å². The van der Waals surface area contributed by atoms with Gasteiger partial charge in [-0.3, -0.25) is 0 Å². The first-order chi connectivity index (χ1) is 13.8. The highest BCUT2D eigenvalue weighted by atomic mass is 19.4. The summed E-state index contributed by atoms with van der Waals surface area (Å²) in [5.41, 5.74) is -0.284. The first-order valence-corrected chi connectivity index (χ1v) is 8.67. The summed E-state index contributed by atoms with van der Waals surface area (Å²) in [5.74, 6) is -0.673. The third kappa shape index (κ3) is 3.76. The van der Waals surface area contributed by atoms with E-state index in [2.05, 4.69) is 25.5 Å². The zero-order valence-electron chi connectivity index (χ0n) is 14.7. The van der Waals surface area contributed by atoms with Gasteiger partial charge in [0.15, 0.2) is 0 Å². The molecule has 1 fully saturated rings. The Bertz CT molecular complexity index is 981. The molecule has 1 aliphatic rings. The Balaban J connectivity index is 1.52. The summed E-state index contributed by atoms with van der Waals surface area (Å²) in [4.78, 5) is 8.28. The first kappa shape index (κ1) is 19.2. The molecule has 0 atom stereocenters. The monoisotopic (exact) mass is 411 g/mol. The Morgan fingerprint density at radius 2 is 1.66 bits per heavy atom. The minimum absolute atomic E-state index is 0.132. The molecule has 2 heterocycles. The lowest BCUT2D eigenvalue weighted by atomic mass is 9.71. The van der Waals surface area contributed by atoms with E-state index in [9.17, 15) is 22.0 Å². The lowest BCUT2D eigenvalue weighted by Gasteiger charge is -2.43. The number of nitrogens with zero attached hydrogens (tertiary/aromatic N) is 4. The maximum Gasteiger partial charge on any atom is 0.416 e. The predicted molar refractivity (Wildman–Crippen MR) is 90.9 cm³/mol. The van der Waals surface area contributed by atoms with Gasteiger partial charge in [-0.1, -0.05) is 12.1 Å². The van der Waals surface area contributed by atoms with Crippen LogP contribution in [0.5, 0.6) is 0 Å². The van der Waals surface area contributed by atoms with Gasteiger partial charge in [-0.25, -0.2) is 9.97 Å². The van der Waals surface area contributed by atoms with E-state index in [1.54, 1.807) is 0 Å². The van der Waals surface area contributed by atoms with Crippen LogP contribution in [0.25, 0.3) is 11.5 Å². The van der Waals surface area contributed by atoms with Gasteiger partial charge in [0.2, 0.25) is 5.95 Å². The number of hydrogen-bond donors (Lipinski definition) is 1. The van der Waals surface area contributed by atoms with Crippen molar-refractivity contribution >= 4 is 5.95 Å². The van der Waals surface area contributed by atoms with Gasteiger partial charge >= 0.3 is 12.6 Å². The minimum Gasteiger partial charge on any atom is -0.415 e. The molecule has 0 spiro atoms. The molecular formula is C18H14F5N5O. The number of benzene rings is 1. The molecule has 0 amide bonds. The lowest BCUT2D eigenvalue weighted by molar-refractivity contribution is -0.137. The van der Waals surface area contributed by atoms with Gasteiger partial charge < -0.3 is 9.73 Å². The van der Waals surface area contributed by atoms with E-state index in [0.717, 1.165) is 18.6 Å². The van der Waals surface area contributed by atoms with Crippen LogP contribution in [-0.2, 0) is 11.7 Å². The molecule has 6 nitrogen and oxygen atoms in total. The minimum atomic E-state index is -4.39. The third-order valence-electron chi connectivity index (χ3n) is 4.85. The highest BCUT2D eigenvalue weighted by Gasteiger charge is 2.40. The van der Waals surface area contributed by atoms with E-state index >= 15 is 0 Å². The summed E-state index contributed by atoms with van der Waals surface area (Å²) in [6.07, 6.45) is -2.24. The number of hydrogen-bond acceptors (Lipinski definition) is 6. The third-order valence-corrected chi connectivity index (χ3v) is 4.85. The van der Waals surface area contributed by atoms with Crippen molar-refractivity contribution < 1.29 is 26.4 Å². The zero-order valence-corrected chi connectivity index (χ0v) is 14.7. The van der Waals surface area contributed by atoms with Crippen molar-refractivity contribution in [1.82, 2.24) is 20.2 Å². The summed E-state index contributed by atoms with van der Waals surface area (Å²) in [6.45, 7) is 0. The van der Waals surface area contributed by atoms with E-state index in [4.69, 9.17) is 4.42 Å². The van der Waals surface area contributed by atoms with Gasteiger partial charge in [0.25, 0.3) is 11.8 Å². The molecule has 1 saturated carbocycles. The largest absolute Gasteiger partial charge is 0.416 e. The zero-order chi connectivity index (χ0) is 20.6. The van der Waals surface area contributed by atoms with Gasteiger partial charge in [0.1, 0.15) is 0 Å². The fourth-order valence-corrected chi connectivity index (χ4v) is 3.15. The predicted octanol–water partition coefficient (Wildman–Crippen LogP) is 4.97. The number of alkyl halides is 5. The van der Waals surface area contributed by atoms with E-state index in [1.807, 2.05) is 0 Å². The van der Waals surface area contributed by atoms with Crippen LogP contribution >= 0.6 is 0 Å². The molecule has 0 bridgehead atoms.